The molecule has 0 aliphatic rings. The van der Waals surface area contributed by atoms with Gasteiger partial charge in [0.2, 0.25) is 0 Å². The molecule has 2 rings (SSSR count). The van der Waals surface area contributed by atoms with Gasteiger partial charge in [-0.1, -0.05) is 30.3 Å². The van der Waals surface area contributed by atoms with Crippen molar-refractivity contribution >= 4 is 51.1 Å². The summed E-state index contributed by atoms with van der Waals surface area (Å²) in [6, 6.07) is 10.2. The third-order valence-corrected chi connectivity index (χ3v) is 5.78. The van der Waals surface area contributed by atoms with Crippen molar-refractivity contribution in [1.82, 2.24) is 15.6 Å². The van der Waals surface area contributed by atoms with Gasteiger partial charge in [0.15, 0.2) is 5.96 Å². The van der Waals surface area contributed by atoms with E-state index in [9.17, 15) is 8.42 Å². The number of rotatable bonds is 9. The van der Waals surface area contributed by atoms with Gasteiger partial charge in [-0.25, -0.2) is 13.4 Å². The lowest BCUT2D eigenvalue weighted by Gasteiger charge is -2.17. The molecule has 1 heterocycles. The van der Waals surface area contributed by atoms with Crippen LogP contribution in [-0.2, 0) is 16.3 Å². The lowest BCUT2D eigenvalue weighted by Crippen LogP contribution is -2.43. The number of benzene rings is 1. The second-order valence-electron chi connectivity index (χ2n) is 6.48. The van der Waals surface area contributed by atoms with Crippen LogP contribution in [-0.4, -0.2) is 50.5 Å². The molecule has 0 aliphatic heterocycles. The van der Waals surface area contributed by atoms with Gasteiger partial charge in [-0.2, -0.15) is 0 Å². The second-order valence-corrected chi connectivity index (χ2v) is 9.60. The fourth-order valence-electron chi connectivity index (χ4n) is 2.43. The largest absolute Gasteiger partial charge is 0.357 e. The first-order chi connectivity index (χ1) is 12.9. The Hall–Kier alpha value is -1.20. The summed E-state index contributed by atoms with van der Waals surface area (Å²) in [5, 5.41) is 9.56. The molecule has 0 saturated heterocycles. The minimum Gasteiger partial charge on any atom is -0.357 e. The van der Waals surface area contributed by atoms with Gasteiger partial charge in [0.05, 0.1) is 11.4 Å². The van der Waals surface area contributed by atoms with Crippen molar-refractivity contribution < 1.29 is 8.42 Å². The van der Waals surface area contributed by atoms with Gasteiger partial charge in [0, 0.05) is 42.8 Å². The number of nitrogens with zero attached hydrogens (tertiary/aromatic N) is 2. The van der Waals surface area contributed by atoms with Gasteiger partial charge >= 0.3 is 0 Å². The quantitative estimate of drug-likeness (QED) is 0.292. The Morgan fingerprint density at radius 3 is 2.64 bits per heavy atom. The Kier molecular flexibility index (Phi) is 11.0. The molecule has 2 N–H and O–H groups in total. The van der Waals surface area contributed by atoms with Crippen molar-refractivity contribution in [2.45, 2.75) is 32.7 Å². The summed E-state index contributed by atoms with van der Waals surface area (Å²) in [6.07, 6.45) is 2.57. The molecule has 1 unspecified atom stereocenters. The first-order valence-electron chi connectivity index (χ1n) is 9.09. The zero-order chi connectivity index (χ0) is 19.7. The van der Waals surface area contributed by atoms with Gasteiger partial charge in [-0.3, -0.25) is 4.99 Å². The molecule has 0 spiro atoms. The zero-order valence-electron chi connectivity index (χ0n) is 16.5. The number of hydrogen-bond acceptors (Lipinski definition) is 5. The van der Waals surface area contributed by atoms with Crippen molar-refractivity contribution in [2.75, 3.05) is 25.1 Å². The molecule has 0 saturated carbocycles. The average Bonchev–Trinajstić information content (AvgIpc) is 3.09. The summed E-state index contributed by atoms with van der Waals surface area (Å²) < 4.78 is 22.6. The van der Waals surface area contributed by atoms with E-state index < -0.39 is 9.84 Å². The van der Waals surface area contributed by atoms with E-state index in [1.54, 1.807) is 11.3 Å². The number of thiazole rings is 1. The average molecular weight is 537 g/mol. The maximum Gasteiger partial charge on any atom is 0.191 e. The Balaban J connectivity index is 0.00000392. The number of aliphatic imine (C=N–C) groups is 1. The van der Waals surface area contributed by atoms with Crippen LogP contribution in [0.4, 0.5) is 0 Å². The van der Waals surface area contributed by atoms with E-state index in [2.05, 4.69) is 38.1 Å². The van der Waals surface area contributed by atoms with E-state index in [0.29, 0.717) is 18.9 Å². The van der Waals surface area contributed by atoms with Gasteiger partial charge in [-0.05, 0) is 20.3 Å². The Morgan fingerprint density at radius 1 is 1.29 bits per heavy atom. The van der Waals surface area contributed by atoms with Crippen LogP contribution in [0.5, 0.6) is 0 Å². The van der Waals surface area contributed by atoms with Crippen LogP contribution in [0.15, 0.2) is 40.7 Å². The number of nitrogens with one attached hydrogen (secondary N) is 2. The normalized spacial score (nSPS) is 12.9. The predicted molar refractivity (Wildman–Crippen MR) is 130 cm³/mol. The van der Waals surface area contributed by atoms with Crippen LogP contribution in [0.1, 0.15) is 26.0 Å². The van der Waals surface area contributed by atoms with Crippen molar-refractivity contribution in [2.24, 2.45) is 4.99 Å². The van der Waals surface area contributed by atoms with Crippen molar-refractivity contribution in [3.8, 4) is 10.6 Å². The number of aromatic nitrogens is 1. The maximum absolute atomic E-state index is 11.3. The van der Waals surface area contributed by atoms with Crippen LogP contribution in [0.3, 0.4) is 0 Å². The summed E-state index contributed by atoms with van der Waals surface area (Å²) >= 11 is 1.64. The molecule has 0 bridgehead atoms. The SMILES string of the molecule is CCNC(=NCCc1csc(-c2ccccc2)n1)NC(C)CCS(C)(=O)=O.I. The minimum atomic E-state index is -2.95. The summed E-state index contributed by atoms with van der Waals surface area (Å²) in [7, 11) is -2.95. The van der Waals surface area contributed by atoms with E-state index in [0.717, 1.165) is 29.2 Å². The Morgan fingerprint density at radius 2 is 2.00 bits per heavy atom. The molecule has 1 aromatic heterocycles. The lowest BCUT2D eigenvalue weighted by molar-refractivity contribution is 0.581. The summed E-state index contributed by atoms with van der Waals surface area (Å²) in [4.78, 5) is 9.27. The minimum absolute atomic E-state index is 0. The lowest BCUT2D eigenvalue weighted by atomic mass is 10.2. The van der Waals surface area contributed by atoms with E-state index in [1.165, 1.54) is 6.26 Å². The van der Waals surface area contributed by atoms with E-state index in [4.69, 9.17) is 0 Å². The third-order valence-electron chi connectivity index (χ3n) is 3.86. The Bertz CT molecular complexity index is 839. The highest BCUT2D eigenvalue weighted by Crippen LogP contribution is 2.23. The van der Waals surface area contributed by atoms with Gasteiger partial charge in [0.25, 0.3) is 0 Å². The van der Waals surface area contributed by atoms with Crippen LogP contribution in [0.25, 0.3) is 10.6 Å². The number of guanidine groups is 1. The number of sulfone groups is 1. The fourth-order valence-corrected chi connectivity index (χ4v) is 4.08. The molecule has 1 atom stereocenters. The molecule has 0 aliphatic carbocycles. The van der Waals surface area contributed by atoms with E-state index in [-0.39, 0.29) is 35.8 Å². The monoisotopic (exact) mass is 536 g/mol. The molecule has 9 heteroatoms. The standard InChI is InChI=1S/C19H28N4O2S2.HI/c1-4-20-19(22-15(2)11-13-27(3,24)25)21-12-10-17-14-26-18(23-17)16-8-6-5-7-9-16;/h5-9,14-15H,4,10-13H2,1-3H3,(H2,20,21,22);1H. The highest BCUT2D eigenvalue weighted by Gasteiger charge is 2.09. The Labute approximate surface area is 189 Å². The van der Waals surface area contributed by atoms with Crippen molar-refractivity contribution in [1.29, 1.82) is 0 Å². The zero-order valence-corrected chi connectivity index (χ0v) is 20.5. The van der Waals surface area contributed by atoms with Gasteiger partial charge in [0.1, 0.15) is 14.8 Å². The summed E-state index contributed by atoms with van der Waals surface area (Å²) in [6.45, 7) is 5.33. The molecular weight excluding hydrogens is 507 g/mol. The fraction of sp³-hybridized carbons (Fsp3) is 0.474. The molecule has 0 fully saturated rings. The molecule has 28 heavy (non-hydrogen) atoms. The second kappa shape index (κ2) is 12.4. The molecule has 1 aromatic carbocycles. The summed E-state index contributed by atoms with van der Waals surface area (Å²) in [5.41, 5.74) is 2.16. The van der Waals surface area contributed by atoms with Crippen LogP contribution < -0.4 is 10.6 Å². The smallest absolute Gasteiger partial charge is 0.191 e. The highest BCUT2D eigenvalue weighted by molar-refractivity contribution is 14.0. The van der Waals surface area contributed by atoms with E-state index >= 15 is 0 Å². The number of hydrogen-bond donors (Lipinski definition) is 2. The molecule has 0 amide bonds. The van der Waals surface area contributed by atoms with Crippen molar-refractivity contribution in [3.05, 3.63) is 41.4 Å². The third kappa shape index (κ3) is 9.33. The van der Waals surface area contributed by atoms with Gasteiger partial charge in [-0.15, -0.1) is 35.3 Å². The van der Waals surface area contributed by atoms with Crippen LogP contribution in [0, 0.1) is 0 Å². The van der Waals surface area contributed by atoms with Crippen LogP contribution in [0.2, 0.25) is 0 Å². The summed E-state index contributed by atoms with van der Waals surface area (Å²) in [5.74, 6) is 0.874. The molecular formula is C19H29IN4O2S2. The number of halogens is 1. The molecule has 6 nitrogen and oxygen atoms in total. The molecule has 156 valence electrons. The first-order valence-corrected chi connectivity index (χ1v) is 12.0. The predicted octanol–water partition coefficient (Wildman–Crippen LogP) is 3.35. The van der Waals surface area contributed by atoms with Gasteiger partial charge < -0.3 is 10.6 Å². The van der Waals surface area contributed by atoms with E-state index in [1.807, 2.05) is 32.0 Å². The first kappa shape index (κ1) is 24.8. The topological polar surface area (TPSA) is 83.4 Å². The molecule has 0 radical (unpaired) electrons. The maximum atomic E-state index is 11.3. The van der Waals surface area contributed by atoms with Crippen molar-refractivity contribution in [3.63, 3.8) is 0 Å². The highest BCUT2D eigenvalue weighted by atomic mass is 127. The van der Waals surface area contributed by atoms with Crippen LogP contribution >= 0.6 is 35.3 Å². The molecule has 2 aromatic rings.